The van der Waals surface area contributed by atoms with Crippen LogP contribution in [-0.2, 0) is 11.2 Å². The van der Waals surface area contributed by atoms with Gasteiger partial charge in [0.1, 0.15) is 11.6 Å². The molecule has 3 rings (SSSR count). The number of nitrogens with zero attached hydrogens (tertiary/aromatic N) is 3. The average molecular weight is 386 g/mol. The van der Waals surface area contributed by atoms with Crippen molar-refractivity contribution in [1.29, 1.82) is 0 Å². The summed E-state index contributed by atoms with van der Waals surface area (Å²) < 4.78 is 27.8. The molecule has 0 spiro atoms. The van der Waals surface area contributed by atoms with Crippen molar-refractivity contribution in [1.82, 2.24) is 9.66 Å². The van der Waals surface area contributed by atoms with Crippen molar-refractivity contribution < 1.29 is 13.6 Å². The van der Waals surface area contributed by atoms with Gasteiger partial charge in [0, 0.05) is 19.2 Å². The third kappa shape index (κ3) is 4.00. The molecule has 1 amide bonds. The predicted molar refractivity (Wildman–Crippen MR) is 104 cm³/mol. The Hall–Kier alpha value is -3.29. The van der Waals surface area contributed by atoms with Crippen molar-refractivity contribution in [3.05, 3.63) is 70.0 Å². The van der Waals surface area contributed by atoms with E-state index in [4.69, 9.17) is 0 Å². The van der Waals surface area contributed by atoms with Crippen LogP contribution < -0.4 is 15.9 Å². The summed E-state index contributed by atoms with van der Waals surface area (Å²) in [6, 6.07) is 9.74. The van der Waals surface area contributed by atoms with Gasteiger partial charge in [0.15, 0.2) is 0 Å². The fraction of sp³-hybridized carbons (Fsp3) is 0.250. The number of benzene rings is 2. The maximum absolute atomic E-state index is 13.4. The molecule has 0 bridgehead atoms. The number of para-hydroxylation sites is 1. The zero-order valence-electron chi connectivity index (χ0n) is 15.6. The van der Waals surface area contributed by atoms with Crippen LogP contribution in [0.15, 0.2) is 47.3 Å². The van der Waals surface area contributed by atoms with Gasteiger partial charge in [-0.2, -0.15) is 4.68 Å². The molecule has 1 aromatic heterocycles. The summed E-state index contributed by atoms with van der Waals surface area (Å²) in [5, 5.41) is 0.357. The SMILES string of the molecule is CCN(CC)c1nc2ccccc2c(=O)n1NC(=O)Cc1cc(F)cc(F)c1. The smallest absolute Gasteiger partial charge is 0.281 e. The lowest BCUT2D eigenvalue weighted by Gasteiger charge is -2.24. The molecule has 146 valence electrons. The largest absolute Gasteiger partial charge is 0.341 e. The summed E-state index contributed by atoms with van der Waals surface area (Å²) in [7, 11) is 0. The fourth-order valence-electron chi connectivity index (χ4n) is 3.00. The molecule has 0 saturated carbocycles. The van der Waals surface area contributed by atoms with E-state index in [9.17, 15) is 18.4 Å². The first kappa shape index (κ1) is 19.5. The molecule has 28 heavy (non-hydrogen) atoms. The van der Waals surface area contributed by atoms with E-state index >= 15 is 0 Å². The molecule has 0 unspecified atom stereocenters. The van der Waals surface area contributed by atoms with Gasteiger partial charge in [-0.1, -0.05) is 12.1 Å². The van der Waals surface area contributed by atoms with E-state index in [0.29, 0.717) is 29.9 Å². The molecular formula is C20H20F2N4O2. The van der Waals surface area contributed by atoms with Crippen molar-refractivity contribution >= 4 is 22.8 Å². The minimum absolute atomic E-state index is 0.168. The van der Waals surface area contributed by atoms with Gasteiger partial charge in [0.05, 0.1) is 17.3 Å². The lowest BCUT2D eigenvalue weighted by molar-refractivity contribution is -0.116. The van der Waals surface area contributed by atoms with Crippen LogP contribution in [0.5, 0.6) is 0 Å². The Morgan fingerprint density at radius 3 is 2.39 bits per heavy atom. The highest BCUT2D eigenvalue weighted by atomic mass is 19.1. The number of halogens is 2. The summed E-state index contributed by atoms with van der Waals surface area (Å²) in [5.74, 6) is -1.82. The second-order valence-corrected chi connectivity index (χ2v) is 6.23. The number of carbonyl (C=O) groups is 1. The number of aromatic nitrogens is 2. The topological polar surface area (TPSA) is 67.2 Å². The lowest BCUT2D eigenvalue weighted by Crippen LogP contribution is -2.40. The Labute approximate surface area is 160 Å². The van der Waals surface area contributed by atoms with E-state index in [1.807, 2.05) is 18.7 Å². The number of amides is 1. The first-order chi connectivity index (χ1) is 13.4. The average Bonchev–Trinajstić information content (AvgIpc) is 2.65. The highest BCUT2D eigenvalue weighted by Crippen LogP contribution is 2.14. The summed E-state index contributed by atoms with van der Waals surface area (Å²) >= 11 is 0. The molecule has 0 aliphatic heterocycles. The monoisotopic (exact) mass is 386 g/mol. The maximum atomic E-state index is 13.4. The van der Waals surface area contributed by atoms with Crippen LogP contribution in [-0.4, -0.2) is 28.7 Å². The molecule has 0 saturated heterocycles. The van der Waals surface area contributed by atoms with Crippen LogP contribution in [0.1, 0.15) is 19.4 Å². The minimum atomic E-state index is -0.767. The summed E-state index contributed by atoms with van der Waals surface area (Å²) in [6.07, 6.45) is -0.286. The first-order valence-corrected chi connectivity index (χ1v) is 8.94. The normalized spacial score (nSPS) is 10.9. The number of hydrogen-bond acceptors (Lipinski definition) is 4. The maximum Gasteiger partial charge on any atom is 0.281 e. The number of anilines is 1. The predicted octanol–water partition coefficient (Wildman–Crippen LogP) is 2.83. The summed E-state index contributed by atoms with van der Waals surface area (Å²) in [4.78, 5) is 31.8. The van der Waals surface area contributed by atoms with Crippen molar-refractivity contribution in [2.75, 3.05) is 23.4 Å². The number of nitrogens with one attached hydrogen (secondary N) is 1. The van der Waals surface area contributed by atoms with Crippen LogP contribution in [0.3, 0.4) is 0 Å². The molecule has 6 nitrogen and oxygen atoms in total. The minimum Gasteiger partial charge on any atom is -0.341 e. The molecular weight excluding hydrogens is 366 g/mol. The molecule has 2 aromatic carbocycles. The van der Waals surface area contributed by atoms with Crippen LogP contribution >= 0.6 is 0 Å². The molecule has 1 heterocycles. The molecule has 3 aromatic rings. The molecule has 0 atom stereocenters. The summed E-state index contributed by atoms with van der Waals surface area (Å²) in [6.45, 7) is 4.97. The third-order valence-electron chi connectivity index (χ3n) is 4.33. The molecule has 8 heteroatoms. The lowest BCUT2D eigenvalue weighted by atomic mass is 10.1. The summed E-state index contributed by atoms with van der Waals surface area (Å²) in [5.41, 5.74) is 2.79. The van der Waals surface area contributed by atoms with Crippen molar-refractivity contribution in [2.24, 2.45) is 0 Å². The second-order valence-electron chi connectivity index (χ2n) is 6.23. The quantitative estimate of drug-likeness (QED) is 0.708. The van der Waals surface area contributed by atoms with Gasteiger partial charge in [-0.3, -0.25) is 15.0 Å². The molecule has 0 fully saturated rings. The van der Waals surface area contributed by atoms with Gasteiger partial charge in [-0.25, -0.2) is 13.8 Å². The Kier molecular flexibility index (Phi) is 5.67. The van der Waals surface area contributed by atoms with Crippen molar-refractivity contribution in [3.8, 4) is 0 Å². The molecule has 0 aliphatic rings. The van der Waals surface area contributed by atoms with Crippen molar-refractivity contribution in [2.45, 2.75) is 20.3 Å². The van der Waals surface area contributed by atoms with Crippen molar-refractivity contribution in [3.63, 3.8) is 0 Å². The number of carbonyl (C=O) groups excluding carboxylic acids is 1. The number of rotatable bonds is 6. The second kappa shape index (κ2) is 8.16. The number of fused-ring (bicyclic) bond motifs is 1. The highest BCUT2D eigenvalue weighted by molar-refractivity contribution is 5.87. The third-order valence-corrected chi connectivity index (χ3v) is 4.33. The van der Waals surface area contributed by atoms with Gasteiger partial charge in [0.2, 0.25) is 11.9 Å². The van der Waals surface area contributed by atoms with Gasteiger partial charge < -0.3 is 4.90 Å². The Morgan fingerprint density at radius 2 is 1.75 bits per heavy atom. The van der Waals surface area contributed by atoms with Gasteiger partial charge in [-0.05, 0) is 43.7 Å². The zero-order valence-corrected chi connectivity index (χ0v) is 15.6. The molecule has 0 aliphatic carbocycles. The van der Waals surface area contributed by atoms with E-state index in [0.717, 1.165) is 22.9 Å². The highest BCUT2D eigenvalue weighted by Gasteiger charge is 2.17. The van der Waals surface area contributed by atoms with E-state index in [1.165, 1.54) is 0 Å². The zero-order chi connectivity index (χ0) is 20.3. The van der Waals surface area contributed by atoms with Crippen LogP contribution in [0.4, 0.5) is 14.7 Å². The van der Waals surface area contributed by atoms with Crippen LogP contribution in [0.2, 0.25) is 0 Å². The fourth-order valence-corrected chi connectivity index (χ4v) is 3.00. The number of hydrogen-bond donors (Lipinski definition) is 1. The van der Waals surface area contributed by atoms with E-state index in [1.54, 1.807) is 24.3 Å². The first-order valence-electron chi connectivity index (χ1n) is 8.94. The van der Waals surface area contributed by atoms with Gasteiger partial charge in [-0.15, -0.1) is 0 Å². The Bertz CT molecular complexity index is 1060. The Morgan fingerprint density at radius 1 is 1.11 bits per heavy atom. The van der Waals surface area contributed by atoms with Gasteiger partial charge >= 0.3 is 0 Å². The molecule has 0 radical (unpaired) electrons. The van der Waals surface area contributed by atoms with Crippen LogP contribution in [0, 0.1) is 11.6 Å². The Balaban J connectivity index is 2.00. The van der Waals surface area contributed by atoms with E-state index in [-0.39, 0.29) is 12.0 Å². The van der Waals surface area contributed by atoms with Crippen LogP contribution in [0.25, 0.3) is 10.9 Å². The van der Waals surface area contributed by atoms with E-state index in [2.05, 4.69) is 10.4 Å². The van der Waals surface area contributed by atoms with Gasteiger partial charge in [0.25, 0.3) is 5.56 Å². The van der Waals surface area contributed by atoms with E-state index < -0.39 is 23.1 Å². The standard InChI is InChI=1S/C20H20F2N4O2/c1-3-25(4-2)20-23-17-8-6-5-7-16(17)19(28)26(20)24-18(27)11-13-9-14(21)12-15(22)10-13/h5-10,12H,3-4,11H2,1-2H3,(H,24,27). The molecule has 1 N–H and O–H groups in total.